The summed E-state index contributed by atoms with van der Waals surface area (Å²) in [6.07, 6.45) is 3.07. The minimum atomic E-state index is 0.403. The molecule has 1 atom stereocenters. The molecule has 0 aromatic carbocycles. The van der Waals surface area contributed by atoms with Crippen molar-refractivity contribution in [2.45, 2.75) is 25.9 Å². The number of halogens is 1. The molecule has 0 aromatic rings. The summed E-state index contributed by atoms with van der Waals surface area (Å²) in [5, 5.41) is 0. The molecule has 0 amide bonds. The van der Waals surface area contributed by atoms with Crippen LogP contribution in [0.25, 0.3) is 0 Å². The number of rotatable bonds is 4. The quantitative estimate of drug-likeness (QED) is 0.740. The molecular formula is C10H18INO2. The van der Waals surface area contributed by atoms with Crippen molar-refractivity contribution < 1.29 is 7.80 Å². The standard InChI is InChI=1S/C10H18INO2/c1-9-6-12(4-5-13-9)7-10(2-3-10)8-14-11/h9H,2-8H2,1H3/t9-/m1/s1. The van der Waals surface area contributed by atoms with Gasteiger partial charge in [-0.05, 0) is 19.8 Å². The Morgan fingerprint density at radius 2 is 2.36 bits per heavy atom. The van der Waals surface area contributed by atoms with Crippen molar-refractivity contribution in [3.8, 4) is 0 Å². The highest BCUT2D eigenvalue weighted by Crippen LogP contribution is 2.47. The Bertz CT molecular complexity index is 197. The molecule has 1 saturated heterocycles. The van der Waals surface area contributed by atoms with Crippen LogP contribution in [-0.4, -0.2) is 43.9 Å². The second-order valence-corrected chi connectivity index (χ2v) is 5.29. The van der Waals surface area contributed by atoms with Gasteiger partial charge in [0.1, 0.15) is 23.0 Å². The van der Waals surface area contributed by atoms with E-state index in [9.17, 15) is 0 Å². The van der Waals surface area contributed by atoms with Crippen molar-refractivity contribution >= 4 is 23.0 Å². The van der Waals surface area contributed by atoms with Gasteiger partial charge in [-0.2, -0.15) is 0 Å². The van der Waals surface area contributed by atoms with E-state index in [1.54, 1.807) is 0 Å². The smallest absolute Gasteiger partial charge is 0.109 e. The molecule has 0 spiro atoms. The first-order valence-electron chi connectivity index (χ1n) is 5.32. The fraction of sp³-hybridized carbons (Fsp3) is 1.00. The second kappa shape index (κ2) is 4.63. The van der Waals surface area contributed by atoms with Gasteiger partial charge in [0.25, 0.3) is 0 Å². The first-order valence-corrected chi connectivity index (χ1v) is 6.20. The lowest BCUT2D eigenvalue weighted by molar-refractivity contribution is -0.0262. The van der Waals surface area contributed by atoms with E-state index in [4.69, 9.17) is 7.80 Å². The third kappa shape index (κ3) is 2.81. The number of morpholine rings is 1. The van der Waals surface area contributed by atoms with Gasteiger partial charge in [0.15, 0.2) is 0 Å². The third-order valence-electron chi connectivity index (χ3n) is 3.20. The fourth-order valence-electron chi connectivity index (χ4n) is 2.15. The highest BCUT2D eigenvalue weighted by Gasteiger charge is 2.44. The van der Waals surface area contributed by atoms with Crippen molar-refractivity contribution in [3.05, 3.63) is 0 Å². The molecule has 0 bridgehead atoms. The van der Waals surface area contributed by atoms with Crippen molar-refractivity contribution in [2.24, 2.45) is 5.41 Å². The SMILES string of the molecule is C[C@@H]1CN(CC2(COI)CC2)CCO1. The molecule has 2 rings (SSSR count). The van der Waals surface area contributed by atoms with Crippen LogP contribution < -0.4 is 0 Å². The molecular weight excluding hydrogens is 293 g/mol. The first-order chi connectivity index (χ1) is 6.74. The Morgan fingerprint density at radius 1 is 1.57 bits per heavy atom. The number of nitrogens with zero attached hydrogens (tertiary/aromatic N) is 1. The lowest BCUT2D eigenvalue weighted by Gasteiger charge is -2.33. The molecule has 3 nitrogen and oxygen atoms in total. The minimum absolute atomic E-state index is 0.403. The lowest BCUT2D eigenvalue weighted by Crippen LogP contribution is -2.44. The molecule has 14 heavy (non-hydrogen) atoms. The highest BCUT2D eigenvalue weighted by atomic mass is 127. The number of hydrogen-bond acceptors (Lipinski definition) is 3. The van der Waals surface area contributed by atoms with Crippen molar-refractivity contribution in [2.75, 3.05) is 32.8 Å². The Hall–Kier alpha value is 0.610. The van der Waals surface area contributed by atoms with E-state index in [-0.39, 0.29) is 0 Å². The summed E-state index contributed by atoms with van der Waals surface area (Å²) >= 11 is 2.01. The molecule has 2 fully saturated rings. The lowest BCUT2D eigenvalue weighted by atomic mass is 10.1. The van der Waals surface area contributed by atoms with Crippen molar-refractivity contribution in [1.82, 2.24) is 4.90 Å². The van der Waals surface area contributed by atoms with Crippen LogP contribution in [0.5, 0.6) is 0 Å². The highest BCUT2D eigenvalue weighted by molar-refractivity contribution is 14.1. The summed E-state index contributed by atoms with van der Waals surface area (Å²) < 4.78 is 10.8. The average Bonchev–Trinajstić information content (AvgIpc) is 2.85. The number of hydrogen-bond donors (Lipinski definition) is 0. The van der Waals surface area contributed by atoms with Crippen LogP contribution in [0.15, 0.2) is 0 Å². The molecule has 0 radical (unpaired) electrons. The predicted octanol–water partition coefficient (Wildman–Crippen LogP) is 1.85. The fourth-order valence-corrected chi connectivity index (χ4v) is 2.81. The monoisotopic (exact) mass is 311 g/mol. The largest absolute Gasteiger partial charge is 0.376 e. The molecule has 2 aliphatic rings. The topological polar surface area (TPSA) is 21.7 Å². The summed E-state index contributed by atoms with van der Waals surface area (Å²) in [5.41, 5.74) is 0.484. The molecule has 82 valence electrons. The maximum Gasteiger partial charge on any atom is 0.109 e. The van der Waals surface area contributed by atoms with Crippen LogP contribution in [0.3, 0.4) is 0 Å². The van der Waals surface area contributed by atoms with Gasteiger partial charge in [0.2, 0.25) is 0 Å². The van der Waals surface area contributed by atoms with Crippen LogP contribution in [0.2, 0.25) is 0 Å². The third-order valence-corrected chi connectivity index (χ3v) is 3.51. The second-order valence-electron chi connectivity index (χ2n) is 4.67. The van der Waals surface area contributed by atoms with Gasteiger partial charge in [-0.25, -0.2) is 0 Å². The predicted molar refractivity (Wildman–Crippen MR) is 63.5 cm³/mol. The molecule has 0 N–H and O–H groups in total. The van der Waals surface area contributed by atoms with Crippen LogP contribution in [-0.2, 0) is 7.80 Å². The van der Waals surface area contributed by atoms with E-state index in [1.807, 2.05) is 23.0 Å². The van der Waals surface area contributed by atoms with Crippen LogP contribution in [0.4, 0.5) is 0 Å². The first kappa shape index (κ1) is 11.1. The molecule has 0 unspecified atom stereocenters. The van der Waals surface area contributed by atoms with Crippen LogP contribution in [0.1, 0.15) is 19.8 Å². The van der Waals surface area contributed by atoms with Crippen molar-refractivity contribution in [3.63, 3.8) is 0 Å². The Balaban J connectivity index is 1.79. The Labute approximate surface area is 99.8 Å². The molecule has 1 aliphatic carbocycles. The zero-order chi connectivity index (χ0) is 10.0. The van der Waals surface area contributed by atoms with E-state index in [0.717, 1.165) is 26.3 Å². The molecule has 0 aromatic heterocycles. The molecule has 4 heteroatoms. The van der Waals surface area contributed by atoms with E-state index >= 15 is 0 Å². The Morgan fingerprint density at radius 3 is 2.93 bits per heavy atom. The zero-order valence-electron chi connectivity index (χ0n) is 8.67. The van der Waals surface area contributed by atoms with Crippen LogP contribution >= 0.6 is 23.0 Å². The molecule has 1 saturated carbocycles. The van der Waals surface area contributed by atoms with Gasteiger partial charge in [0.05, 0.1) is 19.3 Å². The minimum Gasteiger partial charge on any atom is -0.376 e. The number of ether oxygens (including phenoxy) is 1. The summed E-state index contributed by atoms with van der Waals surface area (Å²) in [7, 11) is 0. The van der Waals surface area contributed by atoms with Gasteiger partial charge < -0.3 is 7.80 Å². The summed E-state index contributed by atoms with van der Waals surface area (Å²) in [6.45, 7) is 7.34. The van der Waals surface area contributed by atoms with E-state index in [1.165, 1.54) is 19.4 Å². The van der Waals surface area contributed by atoms with Crippen LogP contribution in [0, 0.1) is 5.41 Å². The van der Waals surface area contributed by atoms with Gasteiger partial charge in [0, 0.05) is 25.0 Å². The summed E-state index contributed by atoms with van der Waals surface area (Å²) in [6, 6.07) is 0. The van der Waals surface area contributed by atoms with E-state index < -0.39 is 0 Å². The maximum absolute atomic E-state index is 5.53. The van der Waals surface area contributed by atoms with Gasteiger partial charge >= 0.3 is 0 Å². The van der Waals surface area contributed by atoms with Gasteiger partial charge in [-0.1, -0.05) is 0 Å². The van der Waals surface area contributed by atoms with Gasteiger partial charge in [-0.3, -0.25) is 4.90 Å². The zero-order valence-corrected chi connectivity index (χ0v) is 10.8. The maximum atomic E-state index is 5.53. The average molecular weight is 311 g/mol. The summed E-state index contributed by atoms with van der Waals surface area (Å²) in [5.74, 6) is 0. The van der Waals surface area contributed by atoms with E-state index in [0.29, 0.717) is 11.5 Å². The molecule has 1 heterocycles. The molecule has 1 aliphatic heterocycles. The van der Waals surface area contributed by atoms with E-state index in [2.05, 4.69) is 11.8 Å². The van der Waals surface area contributed by atoms with Crippen molar-refractivity contribution in [1.29, 1.82) is 0 Å². The Kier molecular flexibility index (Phi) is 3.68. The normalized spacial score (nSPS) is 31.7. The summed E-state index contributed by atoms with van der Waals surface area (Å²) in [4.78, 5) is 2.52. The van der Waals surface area contributed by atoms with Gasteiger partial charge in [-0.15, -0.1) is 0 Å².